The van der Waals surface area contributed by atoms with Gasteiger partial charge < -0.3 is 15.4 Å². The van der Waals surface area contributed by atoms with Crippen molar-refractivity contribution in [3.05, 3.63) is 53.6 Å². The first kappa shape index (κ1) is 16.9. The van der Waals surface area contributed by atoms with Gasteiger partial charge in [0.1, 0.15) is 5.75 Å². The molecule has 0 saturated carbocycles. The molecule has 0 aromatic heterocycles. The molecule has 0 unspecified atom stereocenters. The fraction of sp³-hybridized carbons (Fsp3) is 0.316. The topological polar surface area (TPSA) is 50.4 Å². The fourth-order valence-electron chi connectivity index (χ4n) is 2.38. The second-order valence-corrected chi connectivity index (χ2v) is 5.94. The van der Waals surface area contributed by atoms with Crippen molar-refractivity contribution in [2.45, 2.75) is 33.8 Å². The molecule has 0 fully saturated rings. The minimum atomic E-state index is -0.107. The van der Waals surface area contributed by atoms with E-state index < -0.39 is 0 Å². The van der Waals surface area contributed by atoms with Gasteiger partial charge in [-0.25, -0.2) is 0 Å². The average Bonchev–Trinajstić information content (AvgIpc) is 2.46. The van der Waals surface area contributed by atoms with Crippen LogP contribution in [0.3, 0.4) is 0 Å². The molecule has 4 heteroatoms. The molecular formula is C19H24N2O2. The van der Waals surface area contributed by atoms with Crippen molar-refractivity contribution in [1.82, 2.24) is 0 Å². The van der Waals surface area contributed by atoms with Crippen LogP contribution >= 0.6 is 0 Å². The standard InChI is InChI=1S/C19H24N2O2/c1-13(2)23-18-8-6-5-7-17(18)21-19(22)12-20-16-10-14(3)9-15(4)11-16/h5-11,13,20H,12H2,1-4H3,(H,21,22). The third-order valence-electron chi connectivity index (χ3n) is 3.20. The first-order valence-corrected chi connectivity index (χ1v) is 7.82. The van der Waals surface area contributed by atoms with Gasteiger partial charge in [-0.3, -0.25) is 4.79 Å². The van der Waals surface area contributed by atoms with Crippen LogP contribution in [0.5, 0.6) is 5.75 Å². The molecule has 0 aliphatic carbocycles. The molecule has 4 nitrogen and oxygen atoms in total. The molecule has 0 radical (unpaired) electrons. The van der Waals surface area contributed by atoms with Gasteiger partial charge in [-0.15, -0.1) is 0 Å². The number of hydrogen-bond acceptors (Lipinski definition) is 3. The van der Waals surface area contributed by atoms with Gasteiger partial charge in [0, 0.05) is 5.69 Å². The van der Waals surface area contributed by atoms with Crippen molar-refractivity contribution in [3.63, 3.8) is 0 Å². The van der Waals surface area contributed by atoms with E-state index in [1.165, 1.54) is 11.1 Å². The highest BCUT2D eigenvalue weighted by molar-refractivity contribution is 5.95. The number of benzene rings is 2. The molecule has 23 heavy (non-hydrogen) atoms. The molecule has 0 saturated heterocycles. The third-order valence-corrected chi connectivity index (χ3v) is 3.20. The summed E-state index contributed by atoms with van der Waals surface area (Å²) in [4.78, 5) is 12.2. The summed E-state index contributed by atoms with van der Waals surface area (Å²) in [5.41, 5.74) is 3.98. The van der Waals surface area contributed by atoms with E-state index in [4.69, 9.17) is 4.74 Å². The van der Waals surface area contributed by atoms with E-state index in [1.54, 1.807) is 0 Å². The Morgan fingerprint density at radius 2 is 1.74 bits per heavy atom. The Bertz CT molecular complexity index is 661. The van der Waals surface area contributed by atoms with Crippen LogP contribution in [0.25, 0.3) is 0 Å². The van der Waals surface area contributed by atoms with E-state index in [-0.39, 0.29) is 18.6 Å². The Labute approximate surface area is 137 Å². The van der Waals surface area contributed by atoms with Gasteiger partial charge in [0.25, 0.3) is 0 Å². The Morgan fingerprint density at radius 1 is 1.09 bits per heavy atom. The lowest BCUT2D eigenvalue weighted by Gasteiger charge is -2.15. The number of amides is 1. The summed E-state index contributed by atoms with van der Waals surface area (Å²) in [6.45, 7) is 8.20. The van der Waals surface area contributed by atoms with Gasteiger partial charge >= 0.3 is 0 Å². The first-order chi connectivity index (χ1) is 10.9. The van der Waals surface area contributed by atoms with Crippen LogP contribution in [0.1, 0.15) is 25.0 Å². The van der Waals surface area contributed by atoms with Gasteiger partial charge in [-0.05, 0) is 63.1 Å². The van der Waals surface area contributed by atoms with Crippen LogP contribution < -0.4 is 15.4 Å². The van der Waals surface area contributed by atoms with E-state index in [9.17, 15) is 4.79 Å². The summed E-state index contributed by atoms with van der Waals surface area (Å²) >= 11 is 0. The highest BCUT2D eigenvalue weighted by Gasteiger charge is 2.08. The summed E-state index contributed by atoms with van der Waals surface area (Å²) < 4.78 is 5.71. The fourth-order valence-corrected chi connectivity index (χ4v) is 2.38. The van der Waals surface area contributed by atoms with Crippen molar-refractivity contribution >= 4 is 17.3 Å². The monoisotopic (exact) mass is 312 g/mol. The molecule has 0 aliphatic rings. The predicted octanol–water partition coefficient (Wildman–Crippen LogP) is 4.14. The van der Waals surface area contributed by atoms with Gasteiger partial charge in [0.2, 0.25) is 5.91 Å². The third kappa shape index (κ3) is 5.33. The maximum absolute atomic E-state index is 12.2. The maximum Gasteiger partial charge on any atom is 0.243 e. The zero-order chi connectivity index (χ0) is 16.8. The molecule has 2 N–H and O–H groups in total. The minimum Gasteiger partial charge on any atom is -0.489 e. The number of ether oxygens (including phenoxy) is 1. The van der Waals surface area contributed by atoms with Crippen LogP contribution in [-0.4, -0.2) is 18.6 Å². The molecule has 122 valence electrons. The predicted molar refractivity (Wildman–Crippen MR) is 95.2 cm³/mol. The largest absolute Gasteiger partial charge is 0.489 e. The molecule has 0 spiro atoms. The first-order valence-electron chi connectivity index (χ1n) is 7.82. The zero-order valence-corrected chi connectivity index (χ0v) is 14.1. The number of hydrogen-bond donors (Lipinski definition) is 2. The smallest absolute Gasteiger partial charge is 0.243 e. The number of aryl methyl sites for hydroxylation is 2. The lowest BCUT2D eigenvalue weighted by Crippen LogP contribution is -2.22. The molecule has 2 aromatic carbocycles. The highest BCUT2D eigenvalue weighted by Crippen LogP contribution is 2.24. The Balaban J connectivity index is 1.97. The number of carbonyl (C=O) groups is 1. The second kappa shape index (κ2) is 7.68. The number of carbonyl (C=O) groups excluding carboxylic acids is 1. The molecule has 0 heterocycles. The molecular weight excluding hydrogens is 288 g/mol. The summed E-state index contributed by atoms with van der Waals surface area (Å²) in [6.07, 6.45) is 0.0569. The van der Waals surface area contributed by atoms with E-state index in [2.05, 4.69) is 16.7 Å². The number of anilines is 2. The van der Waals surface area contributed by atoms with Crippen molar-refractivity contribution in [1.29, 1.82) is 0 Å². The van der Waals surface area contributed by atoms with Crippen LogP contribution in [0, 0.1) is 13.8 Å². The van der Waals surface area contributed by atoms with Crippen molar-refractivity contribution in [2.75, 3.05) is 17.2 Å². The highest BCUT2D eigenvalue weighted by atomic mass is 16.5. The van der Waals surface area contributed by atoms with E-state index >= 15 is 0 Å². The Hall–Kier alpha value is -2.49. The van der Waals surface area contributed by atoms with Gasteiger partial charge in [-0.2, -0.15) is 0 Å². The lowest BCUT2D eigenvalue weighted by molar-refractivity contribution is -0.114. The van der Waals surface area contributed by atoms with E-state index in [0.717, 1.165) is 5.69 Å². The molecule has 2 rings (SSSR count). The summed E-state index contributed by atoms with van der Waals surface area (Å²) in [5, 5.41) is 6.04. The van der Waals surface area contributed by atoms with Crippen LogP contribution in [0.15, 0.2) is 42.5 Å². The molecule has 2 aromatic rings. The van der Waals surface area contributed by atoms with Crippen molar-refractivity contribution in [3.8, 4) is 5.75 Å². The summed E-state index contributed by atoms with van der Waals surface area (Å²) in [6, 6.07) is 13.6. The molecule has 1 amide bonds. The molecule has 0 aliphatic heterocycles. The zero-order valence-electron chi connectivity index (χ0n) is 14.1. The van der Waals surface area contributed by atoms with E-state index in [0.29, 0.717) is 11.4 Å². The van der Waals surface area contributed by atoms with Crippen LogP contribution in [0.2, 0.25) is 0 Å². The minimum absolute atomic E-state index is 0.0569. The van der Waals surface area contributed by atoms with Crippen LogP contribution in [0.4, 0.5) is 11.4 Å². The van der Waals surface area contributed by atoms with Gasteiger partial charge in [-0.1, -0.05) is 18.2 Å². The van der Waals surface area contributed by atoms with Gasteiger partial charge in [0.05, 0.1) is 18.3 Å². The van der Waals surface area contributed by atoms with E-state index in [1.807, 2.05) is 64.1 Å². The lowest BCUT2D eigenvalue weighted by atomic mass is 10.1. The number of rotatable bonds is 6. The summed E-state index contributed by atoms with van der Waals surface area (Å²) in [7, 11) is 0. The van der Waals surface area contributed by atoms with Crippen molar-refractivity contribution in [2.24, 2.45) is 0 Å². The quantitative estimate of drug-likeness (QED) is 0.843. The molecule has 0 bridgehead atoms. The Morgan fingerprint density at radius 3 is 2.39 bits per heavy atom. The number of para-hydroxylation sites is 2. The van der Waals surface area contributed by atoms with Gasteiger partial charge in [0.15, 0.2) is 0 Å². The average molecular weight is 312 g/mol. The maximum atomic E-state index is 12.2. The second-order valence-electron chi connectivity index (χ2n) is 5.94. The van der Waals surface area contributed by atoms with Crippen LogP contribution in [-0.2, 0) is 4.79 Å². The SMILES string of the molecule is Cc1cc(C)cc(NCC(=O)Nc2ccccc2OC(C)C)c1. The normalized spacial score (nSPS) is 10.5. The Kier molecular flexibility index (Phi) is 5.63. The summed E-state index contributed by atoms with van der Waals surface area (Å²) in [5.74, 6) is 0.575. The molecule has 0 atom stereocenters. The van der Waals surface area contributed by atoms with Crippen molar-refractivity contribution < 1.29 is 9.53 Å². The number of nitrogens with one attached hydrogen (secondary N) is 2.